The second-order valence-electron chi connectivity index (χ2n) is 15.9. The fraction of sp³-hybridized carbons (Fsp3) is 0.633. The number of phosphoric ester groups is 1. The van der Waals surface area contributed by atoms with Gasteiger partial charge in [0.1, 0.15) is 43.2 Å². The molecule has 0 heterocycles. The van der Waals surface area contributed by atoms with E-state index in [-0.39, 0.29) is 25.7 Å². The van der Waals surface area contributed by atoms with Gasteiger partial charge in [0.15, 0.2) is 6.10 Å². The third-order valence-electron chi connectivity index (χ3n) is 10.1. The summed E-state index contributed by atoms with van der Waals surface area (Å²) < 4.78 is 33.3. The summed E-state index contributed by atoms with van der Waals surface area (Å²) in [6.07, 6.45) is 29.5. The Hall–Kier alpha value is -3.31. The van der Waals surface area contributed by atoms with E-state index in [9.17, 15) is 54.8 Å². The van der Waals surface area contributed by atoms with Gasteiger partial charge in [-0.3, -0.25) is 18.6 Å². The number of allylic oxidation sites excluding steroid dienone is 14. The van der Waals surface area contributed by atoms with Gasteiger partial charge >= 0.3 is 19.8 Å². The van der Waals surface area contributed by atoms with Crippen LogP contribution in [0.5, 0.6) is 0 Å². The Labute approximate surface area is 386 Å². The molecule has 8 N–H and O–H groups in total. The Kier molecular flexibility index (Phi) is 34.7. The Balaban J connectivity index is 2.62. The smallest absolute Gasteiger partial charge is 0.462 e. The molecule has 1 aliphatic rings. The largest absolute Gasteiger partial charge is 0.472 e. The van der Waals surface area contributed by atoms with Gasteiger partial charge in [-0.1, -0.05) is 143 Å². The summed E-state index contributed by atoms with van der Waals surface area (Å²) in [6.45, 7) is 2.91. The van der Waals surface area contributed by atoms with E-state index in [2.05, 4.69) is 50.3 Å². The summed E-state index contributed by atoms with van der Waals surface area (Å²) in [4.78, 5) is 35.7. The summed E-state index contributed by atoms with van der Waals surface area (Å²) in [5.41, 5.74) is 0. The highest BCUT2D eigenvalue weighted by atomic mass is 31.2. The summed E-state index contributed by atoms with van der Waals surface area (Å²) in [5.74, 6) is -1.40. The first-order valence-electron chi connectivity index (χ1n) is 23.3. The summed E-state index contributed by atoms with van der Waals surface area (Å²) in [6, 6.07) is 0. The molecule has 1 saturated carbocycles. The van der Waals surface area contributed by atoms with Crippen LogP contribution in [0.2, 0.25) is 0 Å². The van der Waals surface area contributed by atoms with Gasteiger partial charge in [-0.05, 0) is 70.6 Å². The number of carbonyl (C=O) groups excluding carboxylic acids is 2. The van der Waals surface area contributed by atoms with Crippen molar-refractivity contribution in [2.45, 2.75) is 184 Å². The summed E-state index contributed by atoms with van der Waals surface area (Å²) >= 11 is 0. The predicted molar refractivity (Wildman–Crippen MR) is 251 cm³/mol. The van der Waals surface area contributed by atoms with Crippen molar-refractivity contribution >= 4 is 19.8 Å². The van der Waals surface area contributed by atoms with Gasteiger partial charge in [0.25, 0.3) is 0 Å². The van der Waals surface area contributed by atoms with Gasteiger partial charge in [-0.15, -0.1) is 0 Å². The molecule has 0 aromatic carbocycles. The number of phosphoric acid groups is 1. The number of hydrogen-bond donors (Lipinski definition) is 8. The number of aliphatic hydroxyl groups excluding tert-OH is 7. The lowest BCUT2D eigenvalue weighted by molar-refractivity contribution is -0.220. The number of hydrogen-bond acceptors (Lipinski definition) is 14. The molecular weight excluding hydrogens is 859 g/mol. The van der Waals surface area contributed by atoms with Crippen molar-refractivity contribution in [3.63, 3.8) is 0 Å². The lowest BCUT2D eigenvalue weighted by Gasteiger charge is -2.41. The molecule has 0 bridgehead atoms. The predicted octanol–water partition coefficient (Wildman–Crippen LogP) is 6.99. The maximum absolute atomic E-state index is 12.8. The third kappa shape index (κ3) is 30.6. The molecule has 1 rings (SSSR count). The van der Waals surface area contributed by atoms with Crippen molar-refractivity contribution in [1.82, 2.24) is 0 Å². The molecule has 1 aliphatic carbocycles. The fourth-order valence-corrected chi connectivity index (χ4v) is 7.23. The molecular formula is C49H79O15P. The van der Waals surface area contributed by atoms with Gasteiger partial charge in [0.2, 0.25) is 0 Å². The topological polar surface area (TPSA) is 250 Å². The maximum Gasteiger partial charge on any atom is 0.472 e. The quantitative estimate of drug-likeness (QED) is 0.0104. The Bertz CT molecular complexity index is 1540. The minimum Gasteiger partial charge on any atom is -0.462 e. The van der Waals surface area contributed by atoms with Crippen molar-refractivity contribution < 1.29 is 73.3 Å². The zero-order valence-electron chi connectivity index (χ0n) is 38.5. The van der Waals surface area contributed by atoms with Crippen molar-refractivity contribution in [1.29, 1.82) is 0 Å². The average Bonchev–Trinajstić information content (AvgIpc) is 3.27. The molecule has 370 valence electrons. The molecule has 0 saturated heterocycles. The van der Waals surface area contributed by atoms with E-state index >= 15 is 0 Å². The molecule has 0 radical (unpaired) electrons. The van der Waals surface area contributed by atoms with E-state index in [1.54, 1.807) is 24.3 Å². The van der Waals surface area contributed by atoms with Crippen LogP contribution in [0, 0.1) is 0 Å². The summed E-state index contributed by atoms with van der Waals surface area (Å²) in [5, 5.41) is 70.4. The van der Waals surface area contributed by atoms with Crippen LogP contribution in [-0.2, 0) is 32.7 Å². The highest BCUT2D eigenvalue weighted by Crippen LogP contribution is 2.47. The van der Waals surface area contributed by atoms with Gasteiger partial charge in [-0.2, -0.15) is 0 Å². The van der Waals surface area contributed by atoms with Crippen molar-refractivity contribution in [3.8, 4) is 0 Å². The van der Waals surface area contributed by atoms with E-state index in [4.69, 9.17) is 18.5 Å². The monoisotopic (exact) mass is 939 g/mol. The first kappa shape index (κ1) is 59.7. The molecule has 3 unspecified atom stereocenters. The molecule has 0 aromatic heterocycles. The molecule has 0 aliphatic heterocycles. The number of carbonyl (C=O) groups is 2. The van der Waals surface area contributed by atoms with Gasteiger partial charge in [-0.25, -0.2) is 4.57 Å². The van der Waals surface area contributed by atoms with Crippen LogP contribution in [0.15, 0.2) is 97.2 Å². The molecule has 1 fully saturated rings. The van der Waals surface area contributed by atoms with Crippen molar-refractivity contribution in [2.24, 2.45) is 0 Å². The Morgan fingerprint density at radius 2 is 1.02 bits per heavy atom. The zero-order chi connectivity index (χ0) is 48.1. The number of rotatable bonds is 36. The lowest BCUT2D eigenvalue weighted by atomic mass is 9.85. The van der Waals surface area contributed by atoms with Crippen molar-refractivity contribution in [3.05, 3.63) is 97.2 Å². The standard InChI is InChI=1S/C49H79O15P/c1-3-5-7-8-9-10-11-12-13-14-15-16-17-18-22-25-29-35-42(52)61-37-41(38-62-65(59,60)64-49-47(57)45(55)44(54)46(56)48(49)58)63-43(53)36-30-34-40(51)33-28-24-21-19-20-23-27-32-39(50)31-26-6-4-2/h9-10,12-13,15-16,18,20-24,27-28,32-33,39-41,44-51,54-58H,3-8,11,14,17,19,25-26,29-31,34-38H2,1-2H3,(H,59,60)/b10-9-,13-12-,16-15-,22-18-,23-20-,24-21-,32-27+,33-28+/t39-,40-,41-,44?,45-,46+,47-,48-,49?/m1/s1. The first-order chi connectivity index (χ1) is 31.2. The van der Waals surface area contributed by atoms with Crippen LogP contribution in [0.4, 0.5) is 0 Å². The van der Waals surface area contributed by atoms with E-state index < -0.39 is 87.9 Å². The molecule has 16 heteroatoms. The second kappa shape index (κ2) is 37.7. The van der Waals surface area contributed by atoms with Gasteiger partial charge in [0.05, 0.1) is 18.8 Å². The van der Waals surface area contributed by atoms with Gasteiger partial charge in [0, 0.05) is 12.8 Å². The molecule has 0 spiro atoms. The number of aliphatic hydroxyl groups is 7. The number of ether oxygens (including phenoxy) is 2. The normalized spacial score (nSPS) is 23.3. The highest BCUT2D eigenvalue weighted by Gasteiger charge is 2.51. The van der Waals surface area contributed by atoms with E-state index in [1.807, 2.05) is 36.5 Å². The maximum atomic E-state index is 12.8. The van der Waals surface area contributed by atoms with Crippen LogP contribution >= 0.6 is 7.82 Å². The number of unbranched alkanes of at least 4 members (excludes halogenated alkanes) is 6. The van der Waals surface area contributed by atoms with Crippen LogP contribution in [-0.4, -0.2) is 121 Å². The summed E-state index contributed by atoms with van der Waals surface area (Å²) in [7, 11) is -5.20. The molecule has 0 amide bonds. The Morgan fingerprint density at radius 1 is 0.554 bits per heavy atom. The minimum absolute atomic E-state index is 0.0357. The fourth-order valence-electron chi connectivity index (χ4n) is 6.26. The SMILES string of the molecule is CCCCC/C=C\C/C=C\C/C=C\C/C=C\CCCC(=O)OC[C@H](COP(=O)(O)OC1[C@H](O)[C@H](O)C(O)[C@H](O)[C@H]1O)OC(=O)CCC[C@H](O)/C=C/C=C\C/C=C\C=C\[C@H](O)CCCCC. The van der Waals surface area contributed by atoms with E-state index in [0.29, 0.717) is 19.3 Å². The minimum atomic E-state index is -5.20. The lowest BCUT2D eigenvalue weighted by Crippen LogP contribution is -2.64. The van der Waals surface area contributed by atoms with Crippen LogP contribution in [0.3, 0.4) is 0 Å². The molecule has 0 aromatic rings. The molecule has 15 nitrogen and oxygen atoms in total. The zero-order valence-corrected chi connectivity index (χ0v) is 39.4. The van der Waals surface area contributed by atoms with Crippen molar-refractivity contribution in [2.75, 3.05) is 13.2 Å². The molecule has 10 atom stereocenters. The van der Waals surface area contributed by atoms with Gasteiger partial charge < -0.3 is 50.1 Å². The third-order valence-corrected chi connectivity index (χ3v) is 11.1. The second-order valence-corrected chi connectivity index (χ2v) is 17.4. The highest BCUT2D eigenvalue weighted by molar-refractivity contribution is 7.47. The number of esters is 2. The van der Waals surface area contributed by atoms with Crippen LogP contribution in [0.25, 0.3) is 0 Å². The average molecular weight is 939 g/mol. The molecule has 65 heavy (non-hydrogen) atoms. The van der Waals surface area contributed by atoms with E-state index in [0.717, 1.165) is 51.4 Å². The van der Waals surface area contributed by atoms with E-state index in [1.165, 1.54) is 19.3 Å². The first-order valence-corrected chi connectivity index (χ1v) is 24.8. The van der Waals surface area contributed by atoms with Crippen LogP contribution in [0.1, 0.15) is 129 Å². The van der Waals surface area contributed by atoms with Crippen LogP contribution < -0.4 is 0 Å². The Morgan fingerprint density at radius 3 is 1.57 bits per heavy atom.